The molecular formula is C23H32. The molecular weight excluding hydrogens is 276 g/mol. The largest absolute Gasteiger partial charge is 0.0654 e. The minimum Gasteiger partial charge on any atom is -0.0654 e. The molecule has 23 heavy (non-hydrogen) atoms. The zero-order valence-electron chi connectivity index (χ0n) is 15.4. The first-order valence-corrected chi connectivity index (χ1v) is 9.26. The number of hydrogen-bond donors (Lipinski definition) is 0. The molecule has 0 atom stereocenters. The van der Waals surface area contributed by atoms with Crippen LogP contribution in [0, 0.1) is 13.8 Å². The number of unbranched alkanes of at least 4 members (excludes halogenated alkanes) is 2. The second-order valence-electron chi connectivity index (χ2n) is 7.03. The van der Waals surface area contributed by atoms with Crippen LogP contribution in [0.25, 0.3) is 0 Å². The van der Waals surface area contributed by atoms with E-state index in [-0.39, 0.29) is 5.41 Å². The monoisotopic (exact) mass is 308 g/mol. The Bertz CT molecular complexity index is 553. The van der Waals surface area contributed by atoms with Gasteiger partial charge in [-0.2, -0.15) is 0 Å². The van der Waals surface area contributed by atoms with Crippen LogP contribution < -0.4 is 0 Å². The molecule has 0 fully saturated rings. The summed E-state index contributed by atoms with van der Waals surface area (Å²) in [6.07, 6.45) is 7.57. The molecule has 0 nitrogen and oxygen atoms in total. The van der Waals surface area contributed by atoms with Crippen molar-refractivity contribution in [3.8, 4) is 0 Å². The highest BCUT2D eigenvalue weighted by atomic mass is 14.4. The van der Waals surface area contributed by atoms with Crippen LogP contribution in [0.5, 0.6) is 0 Å². The van der Waals surface area contributed by atoms with Crippen molar-refractivity contribution in [1.29, 1.82) is 0 Å². The third-order valence-electron chi connectivity index (χ3n) is 5.06. The van der Waals surface area contributed by atoms with Crippen molar-refractivity contribution in [3.63, 3.8) is 0 Å². The molecule has 0 N–H and O–H groups in total. The van der Waals surface area contributed by atoms with E-state index in [1.165, 1.54) is 60.8 Å². The Kier molecular flexibility index (Phi) is 6.45. The van der Waals surface area contributed by atoms with Gasteiger partial charge in [-0.05, 0) is 37.8 Å². The second kappa shape index (κ2) is 8.34. The van der Waals surface area contributed by atoms with Crippen molar-refractivity contribution in [2.75, 3.05) is 0 Å². The van der Waals surface area contributed by atoms with Gasteiger partial charge in [-0.3, -0.25) is 0 Å². The van der Waals surface area contributed by atoms with Gasteiger partial charge in [0.2, 0.25) is 0 Å². The average molecular weight is 309 g/mol. The third-order valence-corrected chi connectivity index (χ3v) is 5.06. The van der Waals surface area contributed by atoms with E-state index in [1.807, 2.05) is 0 Å². The molecule has 124 valence electrons. The van der Waals surface area contributed by atoms with E-state index in [2.05, 4.69) is 76.2 Å². The van der Waals surface area contributed by atoms with Gasteiger partial charge in [-0.1, -0.05) is 99.2 Å². The van der Waals surface area contributed by atoms with E-state index >= 15 is 0 Å². The lowest BCUT2D eigenvalue weighted by Gasteiger charge is -2.36. The summed E-state index contributed by atoms with van der Waals surface area (Å²) in [6.45, 7) is 9.03. The van der Waals surface area contributed by atoms with Gasteiger partial charge < -0.3 is 0 Å². The molecule has 0 saturated heterocycles. The summed E-state index contributed by atoms with van der Waals surface area (Å²) in [5.41, 5.74) is 5.92. The summed E-state index contributed by atoms with van der Waals surface area (Å²) in [5.74, 6) is 0. The van der Waals surface area contributed by atoms with Gasteiger partial charge in [0.05, 0.1) is 0 Å². The van der Waals surface area contributed by atoms with Crippen molar-refractivity contribution >= 4 is 0 Å². The zero-order chi connectivity index (χ0) is 16.7. The minimum atomic E-state index is 0.171. The first-order chi connectivity index (χ1) is 11.1. The molecule has 0 aliphatic heterocycles. The van der Waals surface area contributed by atoms with E-state index in [0.717, 1.165) is 0 Å². The highest BCUT2D eigenvalue weighted by molar-refractivity contribution is 5.42. The molecule has 0 aliphatic rings. The molecule has 0 aliphatic carbocycles. The Hall–Kier alpha value is -1.56. The molecule has 0 aromatic heterocycles. The number of rotatable bonds is 8. The fraction of sp³-hybridized carbons (Fsp3) is 0.478. The second-order valence-corrected chi connectivity index (χ2v) is 7.03. The summed E-state index contributed by atoms with van der Waals surface area (Å²) in [4.78, 5) is 0. The SMILES string of the molecule is CCCCC(CCCC)(c1cccc(C)c1)c1cccc(C)c1. The predicted molar refractivity (Wildman–Crippen MR) is 102 cm³/mol. The maximum atomic E-state index is 2.41. The molecule has 0 saturated carbocycles. The van der Waals surface area contributed by atoms with E-state index in [0.29, 0.717) is 0 Å². The van der Waals surface area contributed by atoms with Crippen molar-refractivity contribution in [2.45, 2.75) is 71.6 Å². The molecule has 2 aromatic rings. The fourth-order valence-corrected chi connectivity index (χ4v) is 3.71. The smallest absolute Gasteiger partial charge is 0.0203 e. The van der Waals surface area contributed by atoms with Gasteiger partial charge in [0.25, 0.3) is 0 Å². The highest BCUT2D eigenvalue weighted by Crippen LogP contribution is 2.42. The van der Waals surface area contributed by atoms with E-state index < -0.39 is 0 Å². The lowest BCUT2D eigenvalue weighted by molar-refractivity contribution is 0.405. The zero-order valence-corrected chi connectivity index (χ0v) is 15.4. The van der Waals surface area contributed by atoms with E-state index in [1.54, 1.807) is 0 Å². The van der Waals surface area contributed by atoms with E-state index in [4.69, 9.17) is 0 Å². The van der Waals surface area contributed by atoms with Crippen LogP contribution in [0.2, 0.25) is 0 Å². The third kappa shape index (κ3) is 4.25. The van der Waals surface area contributed by atoms with Crippen molar-refractivity contribution in [1.82, 2.24) is 0 Å². The maximum absolute atomic E-state index is 2.41. The molecule has 0 radical (unpaired) electrons. The van der Waals surface area contributed by atoms with Crippen LogP contribution in [0.15, 0.2) is 48.5 Å². The Balaban J connectivity index is 2.58. The summed E-state index contributed by atoms with van der Waals surface area (Å²) < 4.78 is 0. The van der Waals surface area contributed by atoms with Gasteiger partial charge in [-0.25, -0.2) is 0 Å². The molecule has 2 aromatic carbocycles. The Morgan fingerprint density at radius 2 is 1.13 bits per heavy atom. The van der Waals surface area contributed by atoms with E-state index in [9.17, 15) is 0 Å². The van der Waals surface area contributed by atoms with Gasteiger partial charge in [0.15, 0.2) is 0 Å². The molecule has 0 unspecified atom stereocenters. The standard InChI is InChI=1S/C23H32/c1-5-7-15-23(16-8-6-2,21-13-9-11-19(3)17-21)22-14-10-12-20(4)18-22/h9-14,17-18H,5-8,15-16H2,1-4H3. The maximum Gasteiger partial charge on any atom is 0.0203 e. The lowest BCUT2D eigenvalue weighted by Crippen LogP contribution is -2.28. The van der Waals surface area contributed by atoms with Gasteiger partial charge in [0.1, 0.15) is 0 Å². The van der Waals surface area contributed by atoms with Crippen molar-refractivity contribution in [3.05, 3.63) is 70.8 Å². The molecule has 0 heterocycles. The topological polar surface area (TPSA) is 0 Å². The Labute approximate surface area is 143 Å². The van der Waals surface area contributed by atoms with Crippen LogP contribution >= 0.6 is 0 Å². The average Bonchev–Trinajstić information content (AvgIpc) is 2.55. The van der Waals surface area contributed by atoms with Crippen LogP contribution in [0.4, 0.5) is 0 Å². The molecule has 0 heteroatoms. The first kappa shape index (κ1) is 17.8. The Morgan fingerprint density at radius 3 is 1.48 bits per heavy atom. The first-order valence-electron chi connectivity index (χ1n) is 9.26. The lowest BCUT2D eigenvalue weighted by atomic mass is 9.67. The van der Waals surface area contributed by atoms with Crippen LogP contribution in [-0.2, 0) is 5.41 Å². The summed E-state index contributed by atoms with van der Waals surface area (Å²) in [5, 5.41) is 0. The minimum absolute atomic E-state index is 0.171. The molecule has 2 rings (SSSR count). The highest BCUT2D eigenvalue weighted by Gasteiger charge is 2.33. The summed E-state index contributed by atoms with van der Waals surface area (Å²) in [6, 6.07) is 18.4. The summed E-state index contributed by atoms with van der Waals surface area (Å²) in [7, 11) is 0. The Morgan fingerprint density at radius 1 is 0.696 bits per heavy atom. The van der Waals surface area contributed by atoms with Crippen LogP contribution in [0.1, 0.15) is 74.6 Å². The quantitative estimate of drug-likeness (QED) is 0.494. The van der Waals surface area contributed by atoms with Gasteiger partial charge in [0, 0.05) is 5.41 Å². The summed E-state index contributed by atoms with van der Waals surface area (Å²) >= 11 is 0. The number of benzene rings is 2. The normalized spacial score (nSPS) is 11.7. The van der Waals surface area contributed by atoms with Crippen LogP contribution in [-0.4, -0.2) is 0 Å². The number of hydrogen-bond acceptors (Lipinski definition) is 0. The number of aryl methyl sites for hydroxylation is 2. The van der Waals surface area contributed by atoms with Gasteiger partial charge in [-0.15, -0.1) is 0 Å². The molecule has 0 spiro atoms. The van der Waals surface area contributed by atoms with Crippen molar-refractivity contribution < 1.29 is 0 Å². The molecule has 0 amide bonds. The fourth-order valence-electron chi connectivity index (χ4n) is 3.71. The van der Waals surface area contributed by atoms with Crippen molar-refractivity contribution in [2.24, 2.45) is 0 Å². The van der Waals surface area contributed by atoms with Crippen LogP contribution in [0.3, 0.4) is 0 Å². The predicted octanol–water partition coefficient (Wildman–Crippen LogP) is 6.97. The molecule has 0 bridgehead atoms. The van der Waals surface area contributed by atoms with Gasteiger partial charge >= 0.3 is 0 Å².